The van der Waals surface area contributed by atoms with Gasteiger partial charge in [0.05, 0.1) is 17.7 Å². The van der Waals surface area contributed by atoms with E-state index in [-0.39, 0.29) is 18.6 Å². The summed E-state index contributed by atoms with van der Waals surface area (Å²) in [4.78, 5) is 18.9. The Morgan fingerprint density at radius 3 is 2.71 bits per heavy atom. The van der Waals surface area contributed by atoms with Crippen molar-refractivity contribution in [3.8, 4) is 0 Å². The lowest BCUT2D eigenvalue weighted by Crippen LogP contribution is -2.39. The van der Waals surface area contributed by atoms with Gasteiger partial charge < -0.3 is 15.3 Å². The number of rotatable bonds is 5. The predicted molar refractivity (Wildman–Crippen MR) is 84.5 cm³/mol. The second-order valence-corrected chi connectivity index (χ2v) is 5.14. The van der Waals surface area contributed by atoms with Crippen LogP contribution in [0.3, 0.4) is 0 Å². The van der Waals surface area contributed by atoms with Crippen LogP contribution in [0.5, 0.6) is 0 Å². The summed E-state index contributed by atoms with van der Waals surface area (Å²) < 4.78 is 0. The number of aromatic nitrogens is 1. The number of benzene rings is 1. The van der Waals surface area contributed by atoms with Crippen LogP contribution in [-0.4, -0.2) is 47.1 Å². The molecule has 0 bridgehead atoms. The molecular formula is C16H21N3O2. The molecule has 5 heteroatoms. The van der Waals surface area contributed by atoms with E-state index >= 15 is 0 Å². The molecule has 2 rings (SSSR count). The molecule has 1 amide bonds. The molecule has 1 aromatic heterocycles. The number of carbonyl (C=O) groups excluding carboxylic acids is 1. The van der Waals surface area contributed by atoms with Gasteiger partial charge in [0.25, 0.3) is 5.91 Å². The lowest BCUT2D eigenvalue weighted by Gasteiger charge is -2.26. The molecule has 0 radical (unpaired) electrons. The number of fused-ring (bicyclic) bond motifs is 1. The number of hydrogen-bond acceptors (Lipinski definition) is 4. The van der Waals surface area contributed by atoms with E-state index < -0.39 is 0 Å². The van der Waals surface area contributed by atoms with Crippen LogP contribution >= 0.6 is 0 Å². The molecule has 0 fully saturated rings. The summed E-state index contributed by atoms with van der Waals surface area (Å²) >= 11 is 0. The highest BCUT2D eigenvalue weighted by molar-refractivity contribution is 6.07. The van der Waals surface area contributed by atoms with Crippen molar-refractivity contribution in [3.63, 3.8) is 0 Å². The summed E-state index contributed by atoms with van der Waals surface area (Å²) in [7, 11) is 1.78. The van der Waals surface area contributed by atoms with Gasteiger partial charge in [-0.25, -0.2) is 4.98 Å². The molecule has 0 aliphatic heterocycles. The molecule has 0 aliphatic rings. The van der Waals surface area contributed by atoms with Crippen LogP contribution in [0.4, 0.5) is 5.82 Å². The minimum absolute atomic E-state index is 0.0228. The van der Waals surface area contributed by atoms with Crippen molar-refractivity contribution in [1.82, 2.24) is 9.88 Å². The Labute approximate surface area is 124 Å². The van der Waals surface area contributed by atoms with Crippen molar-refractivity contribution in [2.24, 2.45) is 0 Å². The average Bonchev–Trinajstić information content (AvgIpc) is 2.50. The van der Waals surface area contributed by atoms with Crippen LogP contribution in [0.2, 0.25) is 0 Å². The Kier molecular flexibility index (Phi) is 4.75. The highest BCUT2D eigenvalue weighted by Gasteiger charge is 2.21. The van der Waals surface area contributed by atoms with Gasteiger partial charge in [-0.05, 0) is 26.0 Å². The van der Waals surface area contributed by atoms with Crippen molar-refractivity contribution in [1.29, 1.82) is 0 Å². The van der Waals surface area contributed by atoms with Crippen LogP contribution in [0, 0.1) is 0 Å². The first-order chi connectivity index (χ1) is 10.1. The molecule has 5 nitrogen and oxygen atoms in total. The maximum Gasteiger partial charge on any atom is 0.254 e. The van der Waals surface area contributed by atoms with Gasteiger partial charge in [0, 0.05) is 25.0 Å². The summed E-state index contributed by atoms with van der Waals surface area (Å²) in [6, 6.07) is 9.36. The van der Waals surface area contributed by atoms with Gasteiger partial charge in [-0.1, -0.05) is 18.2 Å². The molecule has 1 aromatic carbocycles. The second kappa shape index (κ2) is 6.54. The number of para-hydroxylation sites is 1. The number of nitrogens with one attached hydrogen (secondary N) is 1. The molecule has 112 valence electrons. The number of pyridine rings is 1. The highest BCUT2D eigenvalue weighted by atomic mass is 16.3. The van der Waals surface area contributed by atoms with Gasteiger partial charge in [0.1, 0.15) is 5.82 Å². The Hall–Kier alpha value is -2.14. The van der Waals surface area contributed by atoms with Crippen molar-refractivity contribution in [2.75, 3.05) is 25.5 Å². The number of amides is 1. The number of hydrogen-bond donors (Lipinski definition) is 2. The highest BCUT2D eigenvalue weighted by Crippen LogP contribution is 2.22. The number of anilines is 1. The Morgan fingerprint density at radius 2 is 2.10 bits per heavy atom. The van der Waals surface area contributed by atoms with E-state index in [1.807, 2.05) is 38.1 Å². The van der Waals surface area contributed by atoms with E-state index in [1.165, 1.54) is 0 Å². The topological polar surface area (TPSA) is 65.5 Å². The van der Waals surface area contributed by atoms with Crippen molar-refractivity contribution in [2.45, 2.75) is 19.9 Å². The van der Waals surface area contributed by atoms with Crippen molar-refractivity contribution < 1.29 is 9.90 Å². The maximum absolute atomic E-state index is 12.8. The molecule has 0 unspecified atom stereocenters. The molecular weight excluding hydrogens is 266 g/mol. The smallest absolute Gasteiger partial charge is 0.254 e. The van der Waals surface area contributed by atoms with Crippen LogP contribution in [0.1, 0.15) is 24.2 Å². The maximum atomic E-state index is 12.8. The van der Waals surface area contributed by atoms with Crippen LogP contribution in [0.15, 0.2) is 30.3 Å². The second-order valence-electron chi connectivity index (χ2n) is 5.14. The van der Waals surface area contributed by atoms with Crippen LogP contribution in [0.25, 0.3) is 10.9 Å². The summed E-state index contributed by atoms with van der Waals surface area (Å²) in [5.74, 6) is 0.568. The SMILES string of the molecule is CNc1cc(C(=O)N(CCO)C(C)C)c2ccccc2n1. The quantitative estimate of drug-likeness (QED) is 0.884. The molecule has 0 atom stereocenters. The molecule has 1 heterocycles. The largest absolute Gasteiger partial charge is 0.395 e. The zero-order valence-electron chi connectivity index (χ0n) is 12.6. The zero-order chi connectivity index (χ0) is 15.4. The van der Waals surface area contributed by atoms with Crippen LogP contribution in [-0.2, 0) is 0 Å². The summed E-state index contributed by atoms with van der Waals surface area (Å²) in [6.07, 6.45) is 0. The fourth-order valence-corrected chi connectivity index (χ4v) is 2.34. The first-order valence-electron chi connectivity index (χ1n) is 7.08. The Morgan fingerprint density at radius 1 is 1.38 bits per heavy atom. The first kappa shape index (κ1) is 15.3. The lowest BCUT2D eigenvalue weighted by atomic mass is 10.1. The van der Waals surface area contributed by atoms with E-state index in [4.69, 9.17) is 0 Å². The third-order valence-electron chi connectivity index (χ3n) is 3.43. The summed E-state index contributed by atoms with van der Waals surface area (Å²) in [5.41, 5.74) is 1.38. The van der Waals surface area contributed by atoms with E-state index in [9.17, 15) is 9.90 Å². The van der Waals surface area contributed by atoms with Crippen molar-refractivity contribution >= 4 is 22.6 Å². The summed E-state index contributed by atoms with van der Waals surface area (Å²) in [6.45, 7) is 4.15. The van der Waals surface area contributed by atoms with E-state index in [1.54, 1.807) is 18.0 Å². The first-order valence-corrected chi connectivity index (χ1v) is 7.08. The number of aliphatic hydroxyl groups is 1. The fourth-order valence-electron chi connectivity index (χ4n) is 2.34. The number of aliphatic hydroxyl groups excluding tert-OH is 1. The monoisotopic (exact) mass is 287 g/mol. The van der Waals surface area contributed by atoms with Gasteiger partial charge in [0.2, 0.25) is 0 Å². The zero-order valence-corrected chi connectivity index (χ0v) is 12.6. The number of nitrogens with zero attached hydrogens (tertiary/aromatic N) is 2. The van der Waals surface area contributed by atoms with Crippen LogP contribution < -0.4 is 5.32 Å². The molecule has 0 saturated heterocycles. The Balaban J connectivity index is 2.55. The molecule has 0 saturated carbocycles. The van der Waals surface area contributed by atoms with Gasteiger partial charge in [-0.2, -0.15) is 0 Å². The van der Waals surface area contributed by atoms with E-state index in [0.717, 1.165) is 10.9 Å². The third-order valence-corrected chi connectivity index (χ3v) is 3.43. The standard InChI is InChI=1S/C16H21N3O2/c1-11(2)19(8-9-20)16(21)13-10-15(17-3)18-14-7-5-4-6-12(13)14/h4-7,10-11,20H,8-9H2,1-3H3,(H,17,18). The van der Waals surface area contributed by atoms with Crippen molar-refractivity contribution in [3.05, 3.63) is 35.9 Å². The molecule has 0 spiro atoms. The van der Waals surface area contributed by atoms with Gasteiger partial charge in [0.15, 0.2) is 0 Å². The Bertz CT molecular complexity index is 640. The average molecular weight is 287 g/mol. The van der Waals surface area contributed by atoms with E-state index in [2.05, 4.69) is 10.3 Å². The van der Waals surface area contributed by atoms with Gasteiger partial charge in [-0.3, -0.25) is 4.79 Å². The lowest BCUT2D eigenvalue weighted by molar-refractivity contribution is 0.0667. The molecule has 2 aromatic rings. The van der Waals surface area contributed by atoms with Gasteiger partial charge in [-0.15, -0.1) is 0 Å². The number of carbonyl (C=O) groups is 1. The molecule has 0 aliphatic carbocycles. The normalized spacial score (nSPS) is 10.9. The fraction of sp³-hybridized carbons (Fsp3) is 0.375. The predicted octanol–water partition coefficient (Wildman–Crippen LogP) is 2.12. The minimum Gasteiger partial charge on any atom is -0.395 e. The van der Waals surface area contributed by atoms with E-state index in [0.29, 0.717) is 17.9 Å². The van der Waals surface area contributed by atoms with Gasteiger partial charge >= 0.3 is 0 Å². The minimum atomic E-state index is -0.0887. The summed E-state index contributed by atoms with van der Waals surface area (Å²) in [5, 5.41) is 13.0. The third kappa shape index (κ3) is 3.13. The molecule has 2 N–H and O–H groups in total. The molecule has 21 heavy (non-hydrogen) atoms.